The third-order valence-electron chi connectivity index (χ3n) is 6.66. The fraction of sp³-hybridized carbons (Fsp3) is 0.480. The van der Waals surface area contributed by atoms with Gasteiger partial charge < -0.3 is 14.5 Å². The number of amides is 2. The Kier molecular flexibility index (Phi) is 6.69. The van der Waals surface area contributed by atoms with Crippen LogP contribution in [0.3, 0.4) is 0 Å². The van der Waals surface area contributed by atoms with Gasteiger partial charge in [-0.15, -0.1) is 5.10 Å². The average Bonchev–Trinajstić information content (AvgIpc) is 3.30. The zero-order valence-electron chi connectivity index (χ0n) is 19.3. The molecule has 2 aromatic heterocycles. The first kappa shape index (κ1) is 22.3. The van der Waals surface area contributed by atoms with Gasteiger partial charge in [-0.2, -0.15) is 4.98 Å². The molecule has 1 atom stereocenters. The van der Waals surface area contributed by atoms with Crippen LogP contribution in [0.1, 0.15) is 54.7 Å². The van der Waals surface area contributed by atoms with E-state index in [-0.39, 0.29) is 23.7 Å². The Hall–Kier alpha value is -3.49. The number of fused-ring (bicyclic) bond motifs is 4. The molecule has 2 bridgehead atoms. The van der Waals surface area contributed by atoms with Gasteiger partial charge in [0.15, 0.2) is 0 Å². The number of nitrogens with zero attached hydrogens (tertiary/aromatic N) is 6. The van der Waals surface area contributed by atoms with Crippen molar-refractivity contribution >= 4 is 17.6 Å². The SMILES string of the molecule is O=C(c1nc2ncccn2n1)N1CCCC(=O)N2CCCCC2CCc2cccc(c2)OCC1. The first-order valence-electron chi connectivity index (χ1n) is 12.2. The maximum absolute atomic E-state index is 13.3. The predicted octanol–water partition coefficient (Wildman–Crippen LogP) is 2.75. The first-order chi connectivity index (χ1) is 16.7. The Morgan fingerprint density at radius 1 is 1.03 bits per heavy atom. The Balaban J connectivity index is 1.36. The highest BCUT2D eigenvalue weighted by Crippen LogP contribution is 2.24. The summed E-state index contributed by atoms with van der Waals surface area (Å²) in [6, 6.07) is 10.1. The molecule has 0 radical (unpaired) electrons. The Morgan fingerprint density at radius 3 is 2.88 bits per heavy atom. The molecule has 1 unspecified atom stereocenters. The van der Waals surface area contributed by atoms with E-state index in [2.05, 4.69) is 32.1 Å². The van der Waals surface area contributed by atoms with Crippen LogP contribution in [0.4, 0.5) is 0 Å². The number of carbonyl (C=O) groups is 2. The molecule has 9 heteroatoms. The van der Waals surface area contributed by atoms with Crippen LogP contribution in [0.5, 0.6) is 5.75 Å². The normalized spacial score (nSPS) is 20.2. The van der Waals surface area contributed by atoms with Crippen LogP contribution in [0.2, 0.25) is 0 Å². The van der Waals surface area contributed by atoms with E-state index in [1.165, 1.54) is 16.5 Å². The van der Waals surface area contributed by atoms with Crippen LogP contribution in [0.25, 0.3) is 5.78 Å². The van der Waals surface area contributed by atoms with E-state index in [1.807, 2.05) is 12.1 Å². The summed E-state index contributed by atoms with van der Waals surface area (Å²) in [7, 11) is 0. The fourth-order valence-electron chi connectivity index (χ4n) is 4.87. The van der Waals surface area contributed by atoms with E-state index in [9.17, 15) is 9.59 Å². The molecule has 1 fully saturated rings. The molecule has 0 N–H and O–H groups in total. The van der Waals surface area contributed by atoms with Gasteiger partial charge in [-0.25, -0.2) is 9.50 Å². The second kappa shape index (κ2) is 10.2. The Labute approximate surface area is 198 Å². The summed E-state index contributed by atoms with van der Waals surface area (Å²) in [5, 5.41) is 4.28. The van der Waals surface area contributed by atoms with Gasteiger partial charge in [-0.1, -0.05) is 12.1 Å². The fourth-order valence-corrected chi connectivity index (χ4v) is 4.87. The number of rotatable bonds is 1. The molecular formula is C25H30N6O3. The van der Waals surface area contributed by atoms with E-state index >= 15 is 0 Å². The molecular weight excluding hydrogens is 432 g/mol. The highest BCUT2D eigenvalue weighted by atomic mass is 16.5. The first-order valence-corrected chi connectivity index (χ1v) is 12.2. The van der Waals surface area contributed by atoms with Crippen molar-refractivity contribution < 1.29 is 14.3 Å². The van der Waals surface area contributed by atoms with Crippen molar-refractivity contribution in [3.05, 3.63) is 54.1 Å². The second-order valence-corrected chi connectivity index (χ2v) is 8.97. The number of benzene rings is 1. The minimum absolute atomic E-state index is 0.0982. The average molecular weight is 463 g/mol. The number of piperidine rings is 1. The lowest BCUT2D eigenvalue weighted by atomic mass is 9.95. The Bertz CT molecular complexity index is 1130. The van der Waals surface area contributed by atoms with E-state index in [0.717, 1.165) is 38.0 Å². The summed E-state index contributed by atoms with van der Waals surface area (Å²) in [6.07, 6.45) is 9.51. The van der Waals surface area contributed by atoms with Gasteiger partial charge in [0.2, 0.25) is 11.7 Å². The van der Waals surface area contributed by atoms with Crippen molar-refractivity contribution in [3.63, 3.8) is 0 Å². The molecule has 2 aliphatic heterocycles. The number of aromatic nitrogens is 4. The van der Waals surface area contributed by atoms with Crippen LogP contribution < -0.4 is 4.74 Å². The molecule has 0 spiro atoms. The summed E-state index contributed by atoms with van der Waals surface area (Å²) < 4.78 is 7.48. The number of hydrogen-bond donors (Lipinski definition) is 0. The molecule has 178 valence electrons. The van der Waals surface area contributed by atoms with Gasteiger partial charge in [0.25, 0.3) is 11.7 Å². The third-order valence-corrected chi connectivity index (χ3v) is 6.66. The van der Waals surface area contributed by atoms with Gasteiger partial charge in [-0.3, -0.25) is 9.59 Å². The minimum atomic E-state index is -0.282. The van der Waals surface area contributed by atoms with Crippen molar-refractivity contribution in [3.8, 4) is 5.75 Å². The van der Waals surface area contributed by atoms with Gasteiger partial charge in [0, 0.05) is 37.9 Å². The van der Waals surface area contributed by atoms with Gasteiger partial charge in [0.05, 0.1) is 6.54 Å². The van der Waals surface area contributed by atoms with Crippen molar-refractivity contribution in [2.45, 2.75) is 51.0 Å². The smallest absolute Gasteiger partial charge is 0.293 e. The largest absolute Gasteiger partial charge is 0.492 e. The number of ether oxygens (including phenoxy) is 1. The van der Waals surface area contributed by atoms with Crippen molar-refractivity contribution in [1.29, 1.82) is 0 Å². The standard InChI is InChI=1S/C25H30N6O3/c32-22-9-4-13-29(24(33)23-27-25-26-12-5-15-31(25)28-23)16-17-34-21-8-3-6-19(18-21)10-11-20-7-1-2-14-30(20)22/h3,5-6,8,12,15,18,20H,1-2,4,7,9-11,13-14,16-17H2. The van der Waals surface area contributed by atoms with Crippen molar-refractivity contribution in [1.82, 2.24) is 29.4 Å². The van der Waals surface area contributed by atoms with Crippen LogP contribution in [0, 0.1) is 0 Å². The van der Waals surface area contributed by atoms with Gasteiger partial charge in [-0.05, 0) is 62.3 Å². The monoisotopic (exact) mass is 462 g/mol. The molecule has 0 saturated carbocycles. The highest BCUT2D eigenvalue weighted by Gasteiger charge is 2.27. The Morgan fingerprint density at radius 2 is 1.97 bits per heavy atom. The molecule has 3 aromatic rings. The van der Waals surface area contributed by atoms with Crippen molar-refractivity contribution in [2.75, 3.05) is 26.2 Å². The summed E-state index contributed by atoms with van der Waals surface area (Å²) in [4.78, 5) is 38.5. The van der Waals surface area contributed by atoms with Crippen molar-refractivity contribution in [2.24, 2.45) is 0 Å². The second-order valence-electron chi connectivity index (χ2n) is 8.97. The number of aryl methyl sites for hydroxylation is 1. The van der Waals surface area contributed by atoms with Crippen LogP contribution >= 0.6 is 0 Å². The van der Waals surface area contributed by atoms with Crippen LogP contribution in [-0.4, -0.2) is 73.5 Å². The molecule has 1 aromatic carbocycles. The summed E-state index contributed by atoms with van der Waals surface area (Å²) >= 11 is 0. The summed E-state index contributed by atoms with van der Waals surface area (Å²) in [6.45, 7) is 2.00. The molecule has 9 nitrogen and oxygen atoms in total. The molecule has 2 aliphatic rings. The lowest BCUT2D eigenvalue weighted by molar-refractivity contribution is -0.135. The van der Waals surface area contributed by atoms with Gasteiger partial charge >= 0.3 is 0 Å². The summed E-state index contributed by atoms with van der Waals surface area (Å²) in [5.41, 5.74) is 1.21. The maximum atomic E-state index is 13.3. The van der Waals surface area contributed by atoms with E-state index in [0.29, 0.717) is 38.3 Å². The maximum Gasteiger partial charge on any atom is 0.293 e. The topological polar surface area (TPSA) is 92.9 Å². The van der Waals surface area contributed by atoms with Crippen LogP contribution in [0.15, 0.2) is 42.7 Å². The molecule has 1 saturated heterocycles. The lowest BCUT2D eigenvalue weighted by Gasteiger charge is -2.36. The number of carbonyl (C=O) groups excluding carboxylic acids is 2. The predicted molar refractivity (Wildman–Crippen MR) is 126 cm³/mol. The molecule has 34 heavy (non-hydrogen) atoms. The highest BCUT2D eigenvalue weighted by molar-refractivity contribution is 5.91. The van der Waals surface area contributed by atoms with Crippen LogP contribution in [-0.2, 0) is 11.2 Å². The quantitative estimate of drug-likeness (QED) is 0.552. The molecule has 0 aliphatic carbocycles. The molecule has 5 rings (SSSR count). The lowest BCUT2D eigenvalue weighted by Crippen LogP contribution is -2.44. The van der Waals surface area contributed by atoms with E-state index in [4.69, 9.17) is 4.74 Å². The van der Waals surface area contributed by atoms with E-state index < -0.39 is 0 Å². The van der Waals surface area contributed by atoms with Gasteiger partial charge in [0.1, 0.15) is 12.4 Å². The minimum Gasteiger partial charge on any atom is -0.492 e. The number of hydrogen-bond acceptors (Lipinski definition) is 6. The zero-order chi connectivity index (χ0) is 23.3. The third kappa shape index (κ3) is 5.03. The summed E-state index contributed by atoms with van der Waals surface area (Å²) in [5.74, 6) is 1.18. The molecule has 4 heterocycles. The zero-order valence-corrected chi connectivity index (χ0v) is 19.3. The van der Waals surface area contributed by atoms with E-state index in [1.54, 1.807) is 23.4 Å². The molecule has 2 amide bonds.